The Labute approximate surface area is 178 Å². The van der Waals surface area contributed by atoms with E-state index in [0.29, 0.717) is 16.3 Å². The average molecular weight is 440 g/mol. The van der Waals surface area contributed by atoms with E-state index in [2.05, 4.69) is 16.2 Å². The van der Waals surface area contributed by atoms with Crippen LogP contribution in [0.25, 0.3) is 0 Å². The number of ether oxygens (including phenoxy) is 1. The summed E-state index contributed by atoms with van der Waals surface area (Å²) in [5.41, 5.74) is 5.42. The van der Waals surface area contributed by atoms with E-state index in [9.17, 15) is 9.59 Å². The smallest absolute Gasteiger partial charge is 0.271 e. The van der Waals surface area contributed by atoms with Crippen LogP contribution in [0.15, 0.2) is 42.5 Å². The van der Waals surface area contributed by atoms with Gasteiger partial charge in [-0.25, -0.2) is 0 Å². The second kappa shape index (κ2) is 10.3. The Kier molecular flexibility index (Phi) is 8.04. The Morgan fingerprint density at radius 3 is 2.36 bits per heavy atom. The topological polar surface area (TPSA) is 79.5 Å². The molecule has 0 bridgehead atoms. The lowest BCUT2D eigenvalue weighted by Gasteiger charge is -2.13. The lowest BCUT2D eigenvalue weighted by atomic mass is 10.2. The largest absolute Gasteiger partial charge is 0.491 e. The van der Waals surface area contributed by atoms with E-state index in [-0.39, 0.29) is 21.8 Å². The number of hydrogen-bond acceptors (Lipinski definition) is 4. The maximum atomic E-state index is 12.2. The third kappa shape index (κ3) is 6.37. The summed E-state index contributed by atoms with van der Waals surface area (Å²) in [6.45, 7) is 4.00. The van der Waals surface area contributed by atoms with E-state index in [1.54, 1.807) is 24.3 Å². The van der Waals surface area contributed by atoms with Gasteiger partial charge in [0.15, 0.2) is 5.11 Å². The van der Waals surface area contributed by atoms with Crippen LogP contribution in [-0.2, 0) is 0 Å². The van der Waals surface area contributed by atoms with Crippen molar-refractivity contribution in [1.82, 2.24) is 16.2 Å². The van der Waals surface area contributed by atoms with Crippen LogP contribution < -0.4 is 20.9 Å². The van der Waals surface area contributed by atoms with Gasteiger partial charge in [0.1, 0.15) is 5.75 Å². The Bertz CT molecular complexity index is 875. The first-order chi connectivity index (χ1) is 13.3. The molecule has 0 spiro atoms. The standard InChI is InChI=1S/C19H19Cl2N3O3S/c1-3-11(2)27-14-7-4-12(5-8-14)17(25)22-19(28)24-23-18(26)15-9-6-13(20)10-16(15)21/h4-11H,3H2,1-2H3,(H,23,26)(H2,22,24,25,28). The summed E-state index contributed by atoms with van der Waals surface area (Å²) in [6.07, 6.45) is 0.976. The van der Waals surface area contributed by atoms with Crippen LogP contribution in [0.2, 0.25) is 10.0 Å². The zero-order valence-corrected chi connectivity index (χ0v) is 17.5. The minimum absolute atomic E-state index is 0.0663. The van der Waals surface area contributed by atoms with Crippen molar-refractivity contribution in [2.45, 2.75) is 26.4 Å². The van der Waals surface area contributed by atoms with Crippen LogP contribution in [0.3, 0.4) is 0 Å². The van der Waals surface area contributed by atoms with Gasteiger partial charge in [0.2, 0.25) is 0 Å². The molecule has 3 N–H and O–H groups in total. The molecular formula is C19H19Cl2N3O3S. The number of carbonyl (C=O) groups is 2. The highest BCUT2D eigenvalue weighted by atomic mass is 35.5. The summed E-state index contributed by atoms with van der Waals surface area (Å²) in [4.78, 5) is 24.3. The molecule has 0 aliphatic rings. The molecule has 6 nitrogen and oxygen atoms in total. The predicted molar refractivity (Wildman–Crippen MR) is 114 cm³/mol. The zero-order chi connectivity index (χ0) is 20.7. The van der Waals surface area contributed by atoms with Gasteiger partial charge in [-0.15, -0.1) is 0 Å². The van der Waals surface area contributed by atoms with Gasteiger partial charge in [-0.2, -0.15) is 0 Å². The van der Waals surface area contributed by atoms with Crippen LogP contribution in [0.4, 0.5) is 0 Å². The second-order valence-corrected chi connectivity index (χ2v) is 7.10. The van der Waals surface area contributed by atoms with Gasteiger partial charge >= 0.3 is 0 Å². The zero-order valence-electron chi connectivity index (χ0n) is 15.2. The highest BCUT2D eigenvalue weighted by molar-refractivity contribution is 7.80. The summed E-state index contributed by atoms with van der Waals surface area (Å²) in [6, 6.07) is 11.1. The molecule has 0 aliphatic heterocycles. The normalized spacial score (nSPS) is 11.3. The van der Waals surface area contributed by atoms with Gasteiger partial charge in [0.05, 0.1) is 16.7 Å². The van der Waals surface area contributed by atoms with Crippen molar-refractivity contribution in [2.24, 2.45) is 0 Å². The van der Waals surface area contributed by atoms with Crippen molar-refractivity contribution in [3.63, 3.8) is 0 Å². The van der Waals surface area contributed by atoms with E-state index in [1.165, 1.54) is 18.2 Å². The third-order valence-electron chi connectivity index (χ3n) is 3.72. The molecule has 2 aromatic carbocycles. The van der Waals surface area contributed by atoms with E-state index in [0.717, 1.165) is 6.42 Å². The number of hydrazine groups is 1. The quantitative estimate of drug-likeness (QED) is 0.482. The Balaban J connectivity index is 1.86. The van der Waals surface area contributed by atoms with Gasteiger partial charge in [-0.3, -0.25) is 25.8 Å². The Morgan fingerprint density at radius 2 is 1.75 bits per heavy atom. The molecule has 1 unspecified atom stereocenters. The lowest BCUT2D eigenvalue weighted by Crippen LogP contribution is -2.48. The van der Waals surface area contributed by atoms with E-state index < -0.39 is 11.8 Å². The Hall–Kier alpha value is -2.35. The molecule has 0 aliphatic carbocycles. The fraction of sp³-hybridized carbons (Fsp3) is 0.211. The van der Waals surface area contributed by atoms with Crippen LogP contribution in [-0.4, -0.2) is 23.0 Å². The molecule has 0 radical (unpaired) electrons. The van der Waals surface area contributed by atoms with Crippen molar-refractivity contribution < 1.29 is 14.3 Å². The number of thiocarbonyl (C=S) groups is 1. The molecule has 9 heteroatoms. The maximum absolute atomic E-state index is 12.2. The summed E-state index contributed by atoms with van der Waals surface area (Å²) < 4.78 is 5.67. The fourth-order valence-corrected chi connectivity index (χ4v) is 2.70. The number of nitrogens with one attached hydrogen (secondary N) is 3. The van der Waals surface area contributed by atoms with Crippen LogP contribution in [0, 0.1) is 0 Å². The molecule has 2 amide bonds. The number of rotatable bonds is 5. The number of carbonyl (C=O) groups excluding carboxylic acids is 2. The van der Waals surface area contributed by atoms with Gasteiger partial charge in [-0.1, -0.05) is 30.1 Å². The summed E-state index contributed by atoms with van der Waals surface area (Å²) in [7, 11) is 0. The number of benzene rings is 2. The van der Waals surface area contributed by atoms with E-state index in [1.807, 2.05) is 13.8 Å². The molecule has 28 heavy (non-hydrogen) atoms. The molecule has 0 aromatic heterocycles. The summed E-state index contributed by atoms with van der Waals surface area (Å²) in [5.74, 6) is -0.269. The summed E-state index contributed by atoms with van der Waals surface area (Å²) in [5, 5.41) is 3.01. The first kappa shape index (κ1) is 21.9. The molecule has 0 fully saturated rings. The molecular weight excluding hydrogens is 421 g/mol. The summed E-state index contributed by atoms with van der Waals surface area (Å²) >= 11 is 16.8. The van der Waals surface area contributed by atoms with Crippen LogP contribution in [0.5, 0.6) is 5.75 Å². The monoisotopic (exact) mass is 439 g/mol. The van der Waals surface area contributed by atoms with Gasteiger partial charge in [0.25, 0.3) is 11.8 Å². The predicted octanol–water partition coefficient (Wildman–Crippen LogP) is 4.12. The van der Waals surface area contributed by atoms with Crippen LogP contribution >= 0.6 is 35.4 Å². The van der Waals surface area contributed by atoms with Crippen molar-refractivity contribution in [3.05, 3.63) is 63.6 Å². The number of hydrogen-bond donors (Lipinski definition) is 3. The van der Waals surface area contributed by atoms with Crippen molar-refractivity contribution >= 4 is 52.3 Å². The molecule has 2 aromatic rings. The minimum atomic E-state index is -0.523. The first-order valence-corrected chi connectivity index (χ1v) is 9.60. The minimum Gasteiger partial charge on any atom is -0.491 e. The number of amides is 2. The SMILES string of the molecule is CCC(C)Oc1ccc(C(=O)NC(=S)NNC(=O)c2ccc(Cl)cc2Cl)cc1. The molecule has 2 rings (SSSR count). The molecule has 0 heterocycles. The Morgan fingerprint density at radius 1 is 1.07 bits per heavy atom. The first-order valence-electron chi connectivity index (χ1n) is 8.43. The van der Waals surface area contributed by atoms with Crippen molar-refractivity contribution in [3.8, 4) is 5.75 Å². The van der Waals surface area contributed by atoms with E-state index in [4.69, 9.17) is 40.2 Å². The molecule has 0 saturated heterocycles. The van der Waals surface area contributed by atoms with Crippen molar-refractivity contribution in [1.29, 1.82) is 0 Å². The highest BCUT2D eigenvalue weighted by Gasteiger charge is 2.12. The molecule has 1 atom stereocenters. The van der Waals surface area contributed by atoms with Crippen LogP contribution in [0.1, 0.15) is 41.0 Å². The fourth-order valence-electron chi connectivity index (χ4n) is 2.06. The second-order valence-electron chi connectivity index (χ2n) is 5.85. The molecule has 148 valence electrons. The highest BCUT2D eigenvalue weighted by Crippen LogP contribution is 2.20. The lowest BCUT2D eigenvalue weighted by molar-refractivity contribution is 0.0934. The van der Waals surface area contributed by atoms with Gasteiger partial charge in [-0.05, 0) is 68.0 Å². The van der Waals surface area contributed by atoms with Crippen molar-refractivity contribution in [2.75, 3.05) is 0 Å². The van der Waals surface area contributed by atoms with E-state index >= 15 is 0 Å². The molecule has 0 saturated carbocycles. The maximum Gasteiger partial charge on any atom is 0.271 e. The third-order valence-corrected chi connectivity index (χ3v) is 4.47. The average Bonchev–Trinajstić information content (AvgIpc) is 2.66. The van der Waals surface area contributed by atoms with Gasteiger partial charge < -0.3 is 4.74 Å². The number of halogens is 2. The van der Waals surface area contributed by atoms with Gasteiger partial charge in [0, 0.05) is 10.6 Å².